The van der Waals surface area contributed by atoms with Gasteiger partial charge in [0.2, 0.25) is 10.0 Å². The molecule has 0 radical (unpaired) electrons. The first-order chi connectivity index (χ1) is 7.40. The lowest BCUT2D eigenvalue weighted by Crippen LogP contribution is -2.30. The van der Waals surface area contributed by atoms with Crippen molar-refractivity contribution < 1.29 is 8.42 Å². The fraction of sp³-hybridized carbons (Fsp3) is 0.455. The van der Waals surface area contributed by atoms with Gasteiger partial charge in [0.05, 0.1) is 11.9 Å². The summed E-state index contributed by atoms with van der Waals surface area (Å²) in [4.78, 5) is 0. The molecular weight excluding hydrogens is 260 g/mol. The highest BCUT2D eigenvalue weighted by molar-refractivity contribution is 7.92. The van der Waals surface area contributed by atoms with E-state index in [1.807, 2.05) is 25.1 Å². The first-order valence-corrected chi connectivity index (χ1v) is 7.02. The number of sulfonamides is 1. The molecule has 0 aliphatic rings. The molecule has 0 atom stereocenters. The summed E-state index contributed by atoms with van der Waals surface area (Å²) in [6, 6.07) is 5.62. The highest BCUT2D eigenvalue weighted by atomic mass is 35.5. The third-order valence-corrected chi connectivity index (χ3v) is 3.67. The molecule has 0 fully saturated rings. The van der Waals surface area contributed by atoms with Gasteiger partial charge in [-0.25, -0.2) is 8.42 Å². The van der Waals surface area contributed by atoms with Gasteiger partial charge in [-0.05, 0) is 25.5 Å². The van der Waals surface area contributed by atoms with Gasteiger partial charge in [0.25, 0.3) is 0 Å². The van der Waals surface area contributed by atoms with Crippen molar-refractivity contribution in [2.45, 2.75) is 20.4 Å². The van der Waals surface area contributed by atoms with Crippen LogP contribution in [0.5, 0.6) is 0 Å². The van der Waals surface area contributed by atoms with Crippen LogP contribution >= 0.6 is 12.4 Å². The number of nitrogens with two attached hydrogens (primary N) is 1. The average molecular weight is 279 g/mol. The zero-order valence-electron chi connectivity index (χ0n) is 10.3. The first-order valence-electron chi connectivity index (χ1n) is 5.17. The van der Waals surface area contributed by atoms with Crippen LogP contribution in [0.15, 0.2) is 18.2 Å². The van der Waals surface area contributed by atoms with E-state index in [-0.39, 0.29) is 12.4 Å². The van der Waals surface area contributed by atoms with E-state index in [4.69, 9.17) is 5.73 Å². The van der Waals surface area contributed by atoms with Crippen molar-refractivity contribution in [2.75, 3.05) is 17.1 Å². The van der Waals surface area contributed by atoms with Crippen molar-refractivity contribution in [1.82, 2.24) is 0 Å². The highest BCUT2D eigenvalue weighted by Crippen LogP contribution is 2.23. The predicted octanol–water partition coefficient (Wildman–Crippen LogP) is 1.66. The molecule has 0 heterocycles. The molecule has 6 heteroatoms. The molecule has 0 saturated carbocycles. The lowest BCUT2D eigenvalue weighted by molar-refractivity contribution is 0.597. The van der Waals surface area contributed by atoms with Gasteiger partial charge < -0.3 is 5.73 Å². The van der Waals surface area contributed by atoms with Gasteiger partial charge in [0.1, 0.15) is 0 Å². The Kier molecular flexibility index (Phi) is 5.95. The van der Waals surface area contributed by atoms with E-state index in [0.29, 0.717) is 18.8 Å². The highest BCUT2D eigenvalue weighted by Gasteiger charge is 2.17. The number of hydrogen-bond acceptors (Lipinski definition) is 3. The van der Waals surface area contributed by atoms with E-state index in [1.54, 1.807) is 6.92 Å². The molecule has 0 aliphatic carbocycles. The normalized spacial score (nSPS) is 10.8. The topological polar surface area (TPSA) is 63.4 Å². The Morgan fingerprint density at radius 3 is 2.35 bits per heavy atom. The third-order valence-electron chi connectivity index (χ3n) is 2.41. The van der Waals surface area contributed by atoms with Gasteiger partial charge in [-0.3, -0.25) is 4.31 Å². The minimum absolute atomic E-state index is 0. The van der Waals surface area contributed by atoms with Crippen LogP contribution in [0, 0.1) is 6.92 Å². The van der Waals surface area contributed by atoms with Crippen molar-refractivity contribution in [3.8, 4) is 0 Å². The van der Waals surface area contributed by atoms with E-state index in [0.717, 1.165) is 11.1 Å². The number of anilines is 1. The molecule has 98 valence electrons. The van der Waals surface area contributed by atoms with E-state index in [9.17, 15) is 8.42 Å². The molecular formula is C11H19ClN2O2S. The maximum absolute atomic E-state index is 11.6. The maximum Gasteiger partial charge on any atom is 0.232 e. The SMILES string of the molecule is CCN(c1ccc(C)cc1CN)S(C)(=O)=O.Cl. The van der Waals surface area contributed by atoms with E-state index in [1.165, 1.54) is 10.6 Å². The van der Waals surface area contributed by atoms with Gasteiger partial charge in [0.15, 0.2) is 0 Å². The van der Waals surface area contributed by atoms with Crippen LogP contribution in [-0.2, 0) is 16.6 Å². The molecule has 0 spiro atoms. The Balaban J connectivity index is 0.00000256. The van der Waals surface area contributed by atoms with Crippen LogP contribution < -0.4 is 10.0 Å². The van der Waals surface area contributed by atoms with Gasteiger partial charge in [-0.2, -0.15) is 0 Å². The van der Waals surface area contributed by atoms with E-state index in [2.05, 4.69) is 0 Å². The monoisotopic (exact) mass is 278 g/mol. The van der Waals surface area contributed by atoms with Crippen molar-refractivity contribution >= 4 is 28.1 Å². The quantitative estimate of drug-likeness (QED) is 0.911. The number of aryl methyl sites for hydroxylation is 1. The number of halogens is 1. The standard InChI is InChI=1S/C11H18N2O2S.ClH/c1-4-13(16(3,14)15)11-6-5-9(2)7-10(11)8-12;/h5-7H,4,8,12H2,1-3H3;1H. The molecule has 0 amide bonds. The van der Waals surface area contributed by atoms with Crippen molar-refractivity contribution in [3.05, 3.63) is 29.3 Å². The van der Waals surface area contributed by atoms with Crippen LogP contribution in [0.2, 0.25) is 0 Å². The van der Waals surface area contributed by atoms with Gasteiger partial charge in [0, 0.05) is 13.1 Å². The summed E-state index contributed by atoms with van der Waals surface area (Å²) in [6.45, 7) is 4.51. The van der Waals surface area contributed by atoms with Gasteiger partial charge in [-0.1, -0.05) is 17.7 Å². The van der Waals surface area contributed by atoms with Crippen molar-refractivity contribution in [1.29, 1.82) is 0 Å². The molecule has 1 aromatic carbocycles. The summed E-state index contributed by atoms with van der Waals surface area (Å²) >= 11 is 0. The predicted molar refractivity (Wildman–Crippen MR) is 74.2 cm³/mol. The van der Waals surface area contributed by atoms with Crippen LogP contribution in [0.1, 0.15) is 18.1 Å². The molecule has 2 N–H and O–H groups in total. The molecule has 0 aliphatic heterocycles. The molecule has 17 heavy (non-hydrogen) atoms. The second-order valence-electron chi connectivity index (χ2n) is 3.76. The third kappa shape index (κ3) is 3.87. The Morgan fingerprint density at radius 1 is 1.35 bits per heavy atom. The summed E-state index contributed by atoms with van der Waals surface area (Å²) in [6.07, 6.45) is 1.21. The van der Waals surface area contributed by atoms with Gasteiger partial charge >= 0.3 is 0 Å². The Bertz CT molecular complexity index is 474. The molecule has 0 saturated heterocycles. The first kappa shape index (κ1) is 16.2. The van der Waals surface area contributed by atoms with Crippen LogP contribution in [0.4, 0.5) is 5.69 Å². The minimum Gasteiger partial charge on any atom is -0.326 e. The van der Waals surface area contributed by atoms with E-state index >= 15 is 0 Å². The Morgan fingerprint density at radius 2 is 1.94 bits per heavy atom. The summed E-state index contributed by atoms with van der Waals surface area (Å²) < 4.78 is 24.6. The smallest absolute Gasteiger partial charge is 0.232 e. The zero-order chi connectivity index (χ0) is 12.3. The van der Waals surface area contributed by atoms with Gasteiger partial charge in [-0.15, -0.1) is 12.4 Å². The maximum atomic E-state index is 11.6. The second kappa shape index (κ2) is 6.23. The van der Waals surface area contributed by atoms with Crippen molar-refractivity contribution in [2.24, 2.45) is 5.73 Å². The molecule has 1 aromatic rings. The molecule has 0 unspecified atom stereocenters. The van der Waals surface area contributed by atoms with Crippen LogP contribution in [0.25, 0.3) is 0 Å². The number of nitrogens with zero attached hydrogens (tertiary/aromatic N) is 1. The van der Waals surface area contributed by atoms with Crippen LogP contribution in [0.3, 0.4) is 0 Å². The summed E-state index contributed by atoms with van der Waals surface area (Å²) in [5.74, 6) is 0. The average Bonchev–Trinajstić information content (AvgIpc) is 2.19. The fourth-order valence-electron chi connectivity index (χ4n) is 1.70. The lowest BCUT2D eigenvalue weighted by atomic mass is 10.1. The zero-order valence-corrected chi connectivity index (χ0v) is 11.9. The molecule has 0 bridgehead atoms. The molecule has 1 rings (SSSR count). The number of benzene rings is 1. The summed E-state index contributed by atoms with van der Waals surface area (Å²) in [5, 5.41) is 0. The van der Waals surface area contributed by atoms with E-state index < -0.39 is 10.0 Å². The molecule has 0 aromatic heterocycles. The molecule has 4 nitrogen and oxygen atoms in total. The Labute approximate surface area is 109 Å². The largest absolute Gasteiger partial charge is 0.326 e. The summed E-state index contributed by atoms with van der Waals surface area (Å²) in [5.41, 5.74) is 8.24. The minimum atomic E-state index is -3.24. The van der Waals surface area contributed by atoms with Crippen molar-refractivity contribution in [3.63, 3.8) is 0 Å². The lowest BCUT2D eigenvalue weighted by Gasteiger charge is -2.23. The number of hydrogen-bond donors (Lipinski definition) is 1. The fourth-order valence-corrected chi connectivity index (χ4v) is 2.71. The second-order valence-corrected chi connectivity index (χ2v) is 5.67. The Hall–Kier alpha value is -0.780. The van der Waals surface area contributed by atoms with Crippen LogP contribution in [-0.4, -0.2) is 21.2 Å². The summed E-state index contributed by atoms with van der Waals surface area (Å²) in [7, 11) is -3.24. The number of rotatable bonds is 4.